The zero-order chi connectivity index (χ0) is 12.0. The second-order valence-corrected chi connectivity index (χ2v) is 3.99. The molecule has 1 aromatic rings. The molecule has 1 N–H and O–H groups in total. The van der Waals surface area contributed by atoms with Crippen LogP contribution in [-0.4, -0.2) is 12.5 Å². The number of ether oxygens (including phenoxy) is 1. The van der Waals surface area contributed by atoms with Gasteiger partial charge in [0.1, 0.15) is 6.61 Å². The molecule has 90 valence electrons. The third kappa shape index (κ3) is 3.93. The van der Waals surface area contributed by atoms with E-state index in [1.54, 1.807) is 0 Å². The molecule has 0 amide bonds. The minimum Gasteiger partial charge on any atom is -0.461 e. The molecule has 0 saturated carbocycles. The lowest BCUT2D eigenvalue weighted by molar-refractivity contribution is -0.148. The number of anilines is 1. The van der Waals surface area contributed by atoms with E-state index in [0.717, 1.165) is 17.8 Å². The predicted molar refractivity (Wildman–Crippen MR) is 67.4 cm³/mol. The van der Waals surface area contributed by atoms with Crippen molar-refractivity contribution < 1.29 is 11.0 Å². The number of hydrogen-bond acceptors (Lipinski definition) is 3. The highest BCUT2D eigenvalue weighted by Crippen LogP contribution is 2.10. The van der Waals surface area contributed by atoms with Gasteiger partial charge in [0.2, 0.25) is 0 Å². The minimum absolute atomic E-state index is 0. The minimum atomic E-state index is -0.157. The van der Waals surface area contributed by atoms with Crippen LogP contribution in [0.1, 0.15) is 27.8 Å². The fraction of sp³-hybridized carbons (Fsp3) is 0.462. The summed E-state index contributed by atoms with van der Waals surface area (Å²) in [5.74, 6) is -0.225. The number of carbonyl (C=O) groups excluding carboxylic acids is 1. The van der Waals surface area contributed by atoms with E-state index in [-0.39, 0.29) is 13.3 Å². The Labute approximate surface area is 98.3 Å². The Kier molecular flexibility index (Phi) is 4.83. The molecule has 0 heterocycles. The summed E-state index contributed by atoms with van der Waals surface area (Å²) in [6.45, 7) is 6.97. The molecule has 0 bridgehead atoms. The first-order valence-electron chi connectivity index (χ1n) is 5.63. The summed E-state index contributed by atoms with van der Waals surface area (Å²) in [5, 5.41) is 3.21. The average molecular weight is 223 g/mol. The Hall–Kier alpha value is -1.51. The molecule has 1 aromatic carbocycles. The van der Waals surface area contributed by atoms with Crippen LogP contribution in [0.3, 0.4) is 0 Å². The first kappa shape index (κ1) is 12.6. The van der Waals surface area contributed by atoms with Gasteiger partial charge >= 0.3 is 5.97 Å². The quantitative estimate of drug-likeness (QED) is 0.780. The molecule has 16 heavy (non-hydrogen) atoms. The molecule has 3 nitrogen and oxygen atoms in total. The van der Waals surface area contributed by atoms with Crippen molar-refractivity contribution in [2.75, 3.05) is 11.9 Å². The van der Waals surface area contributed by atoms with E-state index in [2.05, 4.69) is 12.2 Å². The van der Waals surface area contributed by atoms with E-state index in [1.165, 1.54) is 0 Å². The van der Waals surface area contributed by atoms with Gasteiger partial charge in [0.15, 0.2) is 0 Å². The fourth-order valence-corrected chi connectivity index (χ4v) is 1.24. The van der Waals surface area contributed by atoms with E-state index < -0.39 is 0 Å². The van der Waals surface area contributed by atoms with Gasteiger partial charge in [0.25, 0.3) is 0 Å². The number of rotatable bonds is 5. The van der Waals surface area contributed by atoms with Crippen molar-refractivity contribution in [2.24, 2.45) is 5.92 Å². The Bertz CT molecular complexity index is 336. The van der Waals surface area contributed by atoms with Gasteiger partial charge in [-0.25, -0.2) is 0 Å². The fourth-order valence-electron chi connectivity index (χ4n) is 1.24. The number of carbonyl (C=O) groups is 1. The largest absolute Gasteiger partial charge is 0.461 e. The molecule has 0 aliphatic heterocycles. The summed E-state index contributed by atoms with van der Waals surface area (Å²) in [6, 6.07) is 7.90. The Balaban J connectivity index is 0.00000256. The number of benzene rings is 1. The smallest absolute Gasteiger partial charge is 0.308 e. The van der Waals surface area contributed by atoms with Crippen molar-refractivity contribution >= 4 is 11.7 Å². The van der Waals surface area contributed by atoms with Crippen molar-refractivity contribution in [2.45, 2.75) is 27.4 Å². The number of esters is 1. The van der Waals surface area contributed by atoms with Crippen molar-refractivity contribution in [3.05, 3.63) is 29.8 Å². The molecule has 0 atom stereocenters. The number of hydrogen-bond donors (Lipinski definition) is 1. The van der Waals surface area contributed by atoms with E-state index in [9.17, 15) is 4.79 Å². The normalized spacial score (nSPS) is 10.2. The van der Waals surface area contributed by atoms with Crippen LogP contribution in [0.5, 0.6) is 0 Å². The summed E-state index contributed by atoms with van der Waals surface area (Å²) in [4.78, 5) is 11.3. The first-order chi connectivity index (χ1) is 7.63. The zero-order valence-corrected chi connectivity index (χ0v) is 10.1. The highest BCUT2D eigenvalue weighted by molar-refractivity contribution is 5.71. The molecule has 0 spiro atoms. The summed E-state index contributed by atoms with van der Waals surface area (Å²) in [5.41, 5.74) is 2.09. The van der Waals surface area contributed by atoms with Crippen molar-refractivity contribution in [3.8, 4) is 0 Å². The standard InChI is InChI=1S/C13H19NO2.H2/c1-4-14-12-7-5-11(6-8-12)9-16-13(15)10(2)3;/h5-8,10,14H,4,9H2,1-3H3;1H. The highest BCUT2D eigenvalue weighted by Gasteiger charge is 2.07. The molecule has 3 heteroatoms. The molecule has 0 aliphatic carbocycles. The molecule has 0 unspecified atom stereocenters. The van der Waals surface area contributed by atoms with Gasteiger partial charge in [-0.15, -0.1) is 0 Å². The van der Waals surface area contributed by atoms with Gasteiger partial charge in [-0.05, 0) is 24.6 Å². The van der Waals surface area contributed by atoms with Crippen LogP contribution in [0.2, 0.25) is 0 Å². The van der Waals surface area contributed by atoms with Crippen LogP contribution in [0.25, 0.3) is 0 Å². The second kappa shape index (κ2) is 6.16. The van der Waals surface area contributed by atoms with Crippen LogP contribution >= 0.6 is 0 Å². The summed E-state index contributed by atoms with van der Waals surface area (Å²) >= 11 is 0. The predicted octanol–water partition coefficient (Wildman–Crippen LogP) is 3.06. The van der Waals surface area contributed by atoms with E-state index in [1.807, 2.05) is 38.1 Å². The summed E-state index contributed by atoms with van der Waals surface area (Å²) < 4.78 is 5.13. The van der Waals surface area contributed by atoms with Gasteiger partial charge < -0.3 is 10.1 Å². The van der Waals surface area contributed by atoms with Crippen LogP contribution in [0.4, 0.5) is 5.69 Å². The molecule has 0 aromatic heterocycles. The Morgan fingerprint density at radius 2 is 2.00 bits per heavy atom. The maximum absolute atomic E-state index is 11.3. The maximum Gasteiger partial charge on any atom is 0.308 e. The first-order valence-corrected chi connectivity index (χ1v) is 5.63. The molecular weight excluding hydrogens is 202 g/mol. The SMILES string of the molecule is CCNc1ccc(COC(=O)C(C)C)cc1.[HH]. The van der Waals surface area contributed by atoms with Gasteiger partial charge in [-0.1, -0.05) is 26.0 Å². The summed E-state index contributed by atoms with van der Waals surface area (Å²) in [7, 11) is 0. The molecule has 0 saturated heterocycles. The zero-order valence-electron chi connectivity index (χ0n) is 10.1. The van der Waals surface area contributed by atoms with Crippen molar-refractivity contribution in [1.29, 1.82) is 0 Å². The van der Waals surface area contributed by atoms with Crippen molar-refractivity contribution in [1.82, 2.24) is 0 Å². The molecule has 0 aliphatic rings. The Morgan fingerprint density at radius 3 is 2.50 bits per heavy atom. The van der Waals surface area contributed by atoms with Crippen LogP contribution in [0.15, 0.2) is 24.3 Å². The van der Waals surface area contributed by atoms with Crippen LogP contribution in [0, 0.1) is 5.92 Å². The molecule has 0 radical (unpaired) electrons. The average Bonchev–Trinajstić information content (AvgIpc) is 2.28. The third-order valence-corrected chi connectivity index (χ3v) is 2.19. The van der Waals surface area contributed by atoms with Crippen molar-refractivity contribution in [3.63, 3.8) is 0 Å². The van der Waals surface area contributed by atoms with E-state index in [4.69, 9.17) is 4.74 Å². The lowest BCUT2D eigenvalue weighted by Crippen LogP contribution is -2.11. The van der Waals surface area contributed by atoms with Gasteiger partial charge in [0.05, 0.1) is 5.92 Å². The molecule has 0 fully saturated rings. The van der Waals surface area contributed by atoms with Crippen LogP contribution < -0.4 is 5.32 Å². The summed E-state index contributed by atoms with van der Waals surface area (Å²) in [6.07, 6.45) is 0. The van der Waals surface area contributed by atoms with E-state index in [0.29, 0.717) is 6.61 Å². The monoisotopic (exact) mass is 223 g/mol. The molecular formula is C13H21NO2. The lowest BCUT2D eigenvalue weighted by Gasteiger charge is -2.08. The topological polar surface area (TPSA) is 38.3 Å². The second-order valence-electron chi connectivity index (χ2n) is 3.99. The Morgan fingerprint density at radius 1 is 1.38 bits per heavy atom. The van der Waals surface area contributed by atoms with Crippen LogP contribution in [-0.2, 0) is 16.1 Å². The lowest BCUT2D eigenvalue weighted by atomic mass is 10.2. The highest BCUT2D eigenvalue weighted by atomic mass is 16.5. The third-order valence-electron chi connectivity index (χ3n) is 2.19. The molecule has 1 rings (SSSR count). The van der Waals surface area contributed by atoms with Gasteiger partial charge in [-0.2, -0.15) is 0 Å². The maximum atomic E-state index is 11.3. The van der Waals surface area contributed by atoms with Gasteiger partial charge in [-0.3, -0.25) is 4.79 Å². The number of nitrogens with one attached hydrogen (secondary N) is 1. The van der Waals surface area contributed by atoms with E-state index >= 15 is 0 Å². The van der Waals surface area contributed by atoms with Gasteiger partial charge in [0, 0.05) is 13.7 Å².